The monoisotopic (exact) mass is 132 g/mol. The third-order valence-electron chi connectivity index (χ3n) is 1.58. The molecule has 4 nitrogen and oxygen atoms in total. The van der Waals surface area contributed by atoms with Crippen molar-refractivity contribution < 1.29 is 10.2 Å². The first-order valence-corrected chi connectivity index (χ1v) is 2.99. The van der Waals surface area contributed by atoms with Crippen LogP contribution in [0.3, 0.4) is 0 Å². The summed E-state index contributed by atoms with van der Waals surface area (Å²) in [6, 6.07) is 0. The van der Waals surface area contributed by atoms with Gasteiger partial charge in [-0.05, 0) is 6.92 Å². The van der Waals surface area contributed by atoms with Crippen LogP contribution in [0.2, 0.25) is 0 Å². The largest absolute Gasteiger partial charge is 0.389 e. The van der Waals surface area contributed by atoms with E-state index in [0.29, 0.717) is 13.1 Å². The lowest BCUT2D eigenvalue weighted by atomic mass is 9.98. The van der Waals surface area contributed by atoms with E-state index in [4.69, 9.17) is 5.11 Å². The van der Waals surface area contributed by atoms with Crippen molar-refractivity contribution in [2.75, 3.05) is 13.1 Å². The maximum Gasteiger partial charge on any atom is 0.103 e. The Morgan fingerprint density at radius 2 is 2.22 bits per heavy atom. The van der Waals surface area contributed by atoms with Gasteiger partial charge in [-0.25, -0.2) is 0 Å². The Kier molecular flexibility index (Phi) is 1.72. The highest BCUT2D eigenvalue weighted by Crippen LogP contribution is 2.09. The molecule has 0 aromatic carbocycles. The van der Waals surface area contributed by atoms with Gasteiger partial charge in [-0.2, -0.15) is 0 Å². The van der Waals surface area contributed by atoms with Crippen LogP contribution in [0.4, 0.5) is 0 Å². The lowest BCUT2D eigenvalue weighted by molar-refractivity contribution is -0.0784. The third-order valence-corrected chi connectivity index (χ3v) is 1.58. The molecule has 9 heavy (non-hydrogen) atoms. The van der Waals surface area contributed by atoms with Gasteiger partial charge < -0.3 is 10.2 Å². The van der Waals surface area contributed by atoms with Crippen molar-refractivity contribution in [3.63, 3.8) is 0 Å². The van der Waals surface area contributed by atoms with E-state index < -0.39 is 11.7 Å². The second-order valence-corrected chi connectivity index (χ2v) is 2.61. The Bertz CT molecular complexity index is 105. The van der Waals surface area contributed by atoms with Gasteiger partial charge in [-0.3, -0.25) is 10.9 Å². The summed E-state index contributed by atoms with van der Waals surface area (Å²) in [4.78, 5) is 0. The Morgan fingerprint density at radius 3 is 2.56 bits per heavy atom. The molecule has 1 heterocycles. The number of β-amino-alcohol motifs (C(OH)–C–C–N with tert-alkyl or cyclic N) is 2. The molecule has 2 atom stereocenters. The summed E-state index contributed by atoms with van der Waals surface area (Å²) in [7, 11) is 0. The van der Waals surface area contributed by atoms with Crippen LogP contribution in [0.15, 0.2) is 0 Å². The minimum Gasteiger partial charge on any atom is -0.389 e. The maximum atomic E-state index is 9.29. The van der Waals surface area contributed by atoms with E-state index in [1.54, 1.807) is 6.92 Å². The minimum absolute atomic E-state index is 0.383. The van der Waals surface area contributed by atoms with Crippen LogP contribution in [-0.2, 0) is 0 Å². The van der Waals surface area contributed by atoms with Gasteiger partial charge in [0.25, 0.3) is 0 Å². The summed E-state index contributed by atoms with van der Waals surface area (Å²) in [6.45, 7) is 2.38. The molecule has 0 spiro atoms. The van der Waals surface area contributed by atoms with E-state index in [0.717, 1.165) is 0 Å². The highest BCUT2D eigenvalue weighted by atomic mass is 16.3. The van der Waals surface area contributed by atoms with Crippen molar-refractivity contribution in [3.05, 3.63) is 0 Å². The number of aliphatic hydroxyl groups is 2. The molecule has 0 bridgehead atoms. The number of rotatable bonds is 0. The summed E-state index contributed by atoms with van der Waals surface area (Å²) in [6.07, 6.45) is -0.668. The molecule has 0 amide bonds. The van der Waals surface area contributed by atoms with E-state index in [1.165, 1.54) is 0 Å². The number of nitrogens with one attached hydrogen (secondary N) is 2. The van der Waals surface area contributed by atoms with Gasteiger partial charge in [-0.15, -0.1) is 0 Å². The molecule has 1 aliphatic rings. The predicted octanol–water partition coefficient (Wildman–Crippen LogP) is -1.79. The summed E-state index contributed by atoms with van der Waals surface area (Å²) in [5.74, 6) is 0. The molecule has 0 aromatic rings. The summed E-state index contributed by atoms with van der Waals surface area (Å²) >= 11 is 0. The first kappa shape index (κ1) is 6.95. The van der Waals surface area contributed by atoms with Crippen molar-refractivity contribution in [2.24, 2.45) is 0 Å². The molecule has 1 aliphatic heterocycles. The highest BCUT2D eigenvalue weighted by Gasteiger charge is 2.32. The molecular formula is C5H12N2O2. The number of hydrogen-bond acceptors (Lipinski definition) is 4. The second kappa shape index (κ2) is 2.22. The summed E-state index contributed by atoms with van der Waals surface area (Å²) in [5, 5.41) is 18.4. The zero-order valence-electron chi connectivity index (χ0n) is 5.39. The van der Waals surface area contributed by atoms with E-state index in [1.807, 2.05) is 0 Å². The fourth-order valence-electron chi connectivity index (χ4n) is 0.748. The Labute approximate surface area is 53.9 Å². The minimum atomic E-state index is -0.981. The normalized spacial score (nSPS) is 45.0. The van der Waals surface area contributed by atoms with Crippen LogP contribution in [0.1, 0.15) is 6.92 Å². The Balaban J connectivity index is 2.49. The molecule has 1 rings (SSSR count). The fraction of sp³-hybridized carbons (Fsp3) is 1.00. The molecule has 1 fully saturated rings. The van der Waals surface area contributed by atoms with Crippen molar-refractivity contribution in [1.82, 2.24) is 10.9 Å². The molecule has 0 unspecified atom stereocenters. The first-order chi connectivity index (χ1) is 4.13. The number of hydrazine groups is 1. The van der Waals surface area contributed by atoms with Crippen molar-refractivity contribution in [2.45, 2.75) is 18.6 Å². The lowest BCUT2D eigenvalue weighted by Gasteiger charge is -2.34. The molecule has 1 saturated heterocycles. The van der Waals surface area contributed by atoms with Gasteiger partial charge in [0.1, 0.15) is 5.60 Å². The smallest absolute Gasteiger partial charge is 0.103 e. The number of hydrogen-bond donors (Lipinski definition) is 4. The van der Waals surface area contributed by atoms with E-state index in [2.05, 4.69) is 10.9 Å². The second-order valence-electron chi connectivity index (χ2n) is 2.61. The van der Waals surface area contributed by atoms with Crippen LogP contribution in [0.25, 0.3) is 0 Å². The molecule has 4 heteroatoms. The standard InChI is InChI=1S/C5H12N2O2/c1-5(9)3-7-6-2-4(5)8/h4,6-9H,2-3H2,1H3/t4-,5+/m1/s1. The zero-order chi connectivity index (χ0) is 6.91. The SMILES string of the molecule is C[C@]1(O)CNNC[C@H]1O. The van der Waals surface area contributed by atoms with Crippen molar-refractivity contribution >= 4 is 0 Å². The lowest BCUT2D eigenvalue weighted by Crippen LogP contribution is -2.61. The first-order valence-electron chi connectivity index (χ1n) is 2.99. The quantitative estimate of drug-likeness (QED) is 0.314. The molecule has 0 aromatic heterocycles. The average Bonchev–Trinajstić information content (AvgIpc) is 1.77. The summed E-state index contributed by atoms with van der Waals surface area (Å²) < 4.78 is 0. The van der Waals surface area contributed by atoms with E-state index in [9.17, 15) is 5.11 Å². The van der Waals surface area contributed by atoms with Gasteiger partial charge in [0, 0.05) is 13.1 Å². The summed E-state index contributed by atoms with van der Waals surface area (Å²) in [5.41, 5.74) is 4.49. The molecule has 54 valence electrons. The van der Waals surface area contributed by atoms with Crippen molar-refractivity contribution in [1.29, 1.82) is 0 Å². The van der Waals surface area contributed by atoms with Crippen molar-refractivity contribution in [3.8, 4) is 0 Å². The van der Waals surface area contributed by atoms with Crippen LogP contribution >= 0.6 is 0 Å². The maximum absolute atomic E-state index is 9.29. The van der Waals surface area contributed by atoms with Gasteiger partial charge in [-0.1, -0.05) is 0 Å². The van der Waals surface area contributed by atoms with Crippen LogP contribution in [0.5, 0.6) is 0 Å². The number of aliphatic hydroxyl groups excluding tert-OH is 1. The van der Waals surface area contributed by atoms with Crippen LogP contribution in [0, 0.1) is 0 Å². The molecule has 0 aliphatic carbocycles. The van der Waals surface area contributed by atoms with E-state index in [-0.39, 0.29) is 0 Å². The van der Waals surface area contributed by atoms with Gasteiger partial charge in [0.05, 0.1) is 6.10 Å². The van der Waals surface area contributed by atoms with Gasteiger partial charge in [0.2, 0.25) is 0 Å². The van der Waals surface area contributed by atoms with Crippen LogP contribution in [-0.4, -0.2) is 35.0 Å². The molecule has 4 N–H and O–H groups in total. The zero-order valence-corrected chi connectivity index (χ0v) is 5.39. The Morgan fingerprint density at radius 1 is 1.56 bits per heavy atom. The fourth-order valence-corrected chi connectivity index (χ4v) is 0.748. The van der Waals surface area contributed by atoms with Crippen LogP contribution < -0.4 is 10.9 Å². The molecule has 0 saturated carbocycles. The van der Waals surface area contributed by atoms with Gasteiger partial charge in [0.15, 0.2) is 0 Å². The average molecular weight is 132 g/mol. The molecule has 0 radical (unpaired) electrons. The van der Waals surface area contributed by atoms with E-state index >= 15 is 0 Å². The predicted molar refractivity (Wildman–Crippen MR) is 32.6 cm³/mol. The third kappa shape index (κ3) is 1.40. The topological polar surface area (TPSA) is 64.5 Å². The highest BCUT2D eigenvalue weighted by molar-refractivity contribution is 4.87. The Hall–Kier alpha value is -0.160. The molecular weight excluding hydrogens is 120 g/mol. The van der Waals surface area contributed by atoms with Gasteiger partial charge >= 0.3 is 0 Å².